The van der Waals surface area contributed by atoms with Crippen molar-refractivity contribution >= 4 is 44.6 Å². The molecule has 9 aromatic carbocycles. The molecule has 0 aliphatic carbocycles. The Morgan fingerprint density at radius 2 is 0.987 bits per heavy atom. The smallest absolute Gasteiger partial charge is 0.143 e. The minimum absolute atomic E-state index is 0.0166. The molecule has 0 saturated carbocycles. The number of pyridine rings is 1. The van der Waals surface area contributed by atoms with Gasteiger partial charge in [0.2, 0.25) is 0 Å². The Morgan fingerprint density at radius 3 is 1.68 bits per heavy atom. The summed E-state index contributed by atoms with van der Waals surface area (Å²) in [5.74, 6) is 2.18. The number of hydrogen-bond acceptors (Lipinski definition) is 5. The van der Waals surface area contributed by atoms with E-state index in [4.69, 9.17) is 28.2 Å². The van der Waals surface area contributed by atoms with Crippen LogP contribution in [0.25, 0.3) is 61.0 Å². The summed E-state index contributed by atoms with van der Waals surface area (Å²) in [5, 5.41) is 1.92. The van der Waals surface area contributed by atoms with Crippen molar-refractivity contribution in [3.8, 4) is 62.2 Å². The summed E-state index contributed by atoms with van der Waals surface area (Å²) >= 11 is 0. The fourth-order valence-corrected chi connectivity index (χ4v) is 10.3. The molecule has 6 heteroatoms. The van der Waals surface area contributed by atoms with Crippen molar-refractivity contribution in [1.82, 2.24) is 9.55 Å². The van der Waals surface area contributed by atoms with Gasteiger partial charge in [0.05, 0.1) is 36.1 Å². The number of benzene rings is 9. The summed E-state index contributed by atoms with van der Waals surface area (Å²) in [7, 11) is 0. The van der Waals surface area contributed by atoms with Gasteiger partial charge in [0.25, 0.3) is 0 Å². The number of fused-ring (bicyclic) bond motifs is 4. The molecule has 3 heterocycles. The van der Waals surface area contributed by atoms with Gasteiger partial charge in [-0.1, -0.05) is 196 Å². The van der Waals surface area contributed by atoms with Gasteiger partial charge in [0, 0.05) is 57.7 Å². The van der Waals surface area contributed by atoms with Crippen LogP contribution in [0.4, 0.5) is 22.7 Å². The second kappa shape index (κ2) is 19.6. The number of hydrogen-bond donors (Lipinski definition) is 0. The number of para-hydroxylation sites is 4. The van der Waals surface area contributed by atoms with E-state index in [1.165, 1.54) is 11.1 Å². The molecule has 78 heavy (non-hydrogen) atoms. The van der Waals surface area contributed by atoms with Gasteiger partial charge >= 0.3 is 0 Å². The SMILES string of the molecule is [2H]c1c([2H])c([2H])c(-c2cc(-c3cccc(-c4c([2H])c([2H])c([2H])c([2H])c4[2H])c3Oc3ccnc(-n4c5ccccc5c5ccc(Oc6cccc(N7CN(c8cc(C(C)(C)C)cc(C(C)(C)C)c8)c8ccccc87)c6)cc54)c3)cc(C(C)(C)C)c2)c([2H])c1[2H]. The topological polar surface area (TPSA) is 42.8 Å². The molecule has 0 saturated heterocycles. The molecule has 1 aliphatic heterocycles. The van der Waals surface area contributed by atoms with Gasteiger partial charge in [-0.2, -0.15) is 0 Å². The average Bonchev–Trinajstić information content (AvgIpc) is 1.71. The molecule has 0 atom stereocenters. The Labute approximate surface area is 473 Å². The molecule has 386 valence electrons. The molecule has 0 bridgehead atoms. The highest BCUT2D eigenvalue weighted by atomic mass is 16.5. The van der Waals surface area contributed by atoms with Crippen molar-refractivity contribution in [2.75, 3.05) is 16.5 Å². The summed E-state index contributed by atoms with van der Waals surface area (Å²) in [6.45, 7) is 20.2. The standard InChI is InChI=1S/C72H66N4O2/c1-70(2,3)52-39-50(48-22-12-10-13-23-48)38-51(40-52)61-30-21-29-60(49-24-14-11-15-25-49)69(61)78-59-36-37-73-68(46-59)76-64-31-17-16-28-62(64)63-35-34-58(45-67(63)76)77-57-27-20-26-55(44-57)74-47-75(66-33-19-18-32-65(66)74)56-42-53(71(4,5)6)41-54(43-56)72(7,8)9/h10-46H,47H2,1-9H3/i10D,11D,12D,13D,14D,15D,22D,23D,24D,25D. The van der Waals surface area contributed by atoms with Crippen LogP contribution in [0.1, 0.15) is 92.7 Å². The molecule has 2 aromatic heterocycles. The maximum absolute atomic E-state index is 9.17. The summed E-state index contributed by atoms with van der Waals surface area (Å²) in [6.07, 6.45) is 1.63. The van der Waals surface area contributed by atoms with Crippen molar-refractivity contribution in [3.63, 3.8) is 0 Å². The lowest BCUT2D eigenvalue weighted by Gasteiger charge is -2.29. The van der Waals surface area contributed by atoms with Crippen LogP contribution in [0, 0.1) is 0 Å². The second-order valence-electron chi connectivity index (χ2n) is 23.1. The van der Waals surface area contributed by atoms with E-state index < -0.39 is 53.8 Å². The van der Waals surface area contributed by atoms with E-state index in [9.17, 15) is 0 Å². The van der Waals surface area contributed by atoms with Gasteiger partial charge in [-0.05, 0) is 122 Å². The van der Waals surface area contributed by atoms with Gasteiger partial charge in [-0.15, -0.1) is 0 Å². The van der Waals surface area contributed by atoms with E-state index in [2.05, 4.69) is 112 Å². The molecule has 0 unspecified atom stereocenters. The maximum Gasteiger partial charge on any atom is 0.143 e. The quantitative estimate of drug-likeness (QED) is 0.137. The van der Waals surface area contributed by atoms with Crippen molar-refractivity contribution in [2.45, 2.75) is 78.6 Å². The van der Waals surface area contributed by atoms with Crippen LogP contribution >= 0.6 is 0 Å². The highest BCUT2D eigenvalue weighted by Crippen LogP contribution is 2.48. The molecule has 0 amide bonds. The zero-order valence-corrected chi connectivity index (χ0v) is 45.4. The van der Waals surface area contributed by atoms with Crippen LogP contribution < -0.4 is 19.3 Å². The highest BCUT2D eigenvalue weighted by Gasteiger charge is 2.31. The normalized spacial score (nSPS) is 14.6. The van der Waals surface area contributed by atoms with Crippen molar-refractivity contribution in [2.24, 2.45) is 0 Å². The molecule has 0 radical (unpaired) electrons. The van der Waals surface area contributed by atoms with Crippen LogP contribution in [0.15, 0.2) is 224 Å². The van der Waals surface area contributed by atoms with Crippen LogP contribution in [0.3, 0.4) is 0 Å². The Balaban J connectivity index is 0.947. The van der Waals surface area contributed by atoms with Crippen LogP contribution in [-0.2, 0) is 16.2 Å². The van der Waals surface area contributed by atoms with E-state index in [0.29, 0.717) is 46.4 Å². The summed E-state index contributed by atoms with van der Waals surface area (Å²) in [4.78, 5) is 9.65. The zero-order chi connectivity index (χ0) is 62.6. The van der Waals surface area contributed by atoms with Gasteiger partial charge in [0.15, 0.2) is 0 Å². The van der Waals surface area contributed by atoms with E-state index in [0.717, 1.165) is 50.1 Å². The third-order valence-electron chi connectivity index (χ3n) is 14.6. The molecule has 0 fully saturated rings. The van der Waals surface area contributed by atoms with Crippen LogP contribution in [0.5, 0.6) is 23.0 Å². The molecule has 0 spiro atoms. The Bertz CT molecular complexity index is 4560. The second-order valence-corrected chi connectivity index (χ2v) is 23.1. The number of rotatable bonds is 10. The molecule has 0 N–H and O–H groups in total. The third kappa shape index (κ3) is 9.68. The van der Waals surface area contributed by atoms with Gasteiger partial charge in [0.1, 0.15) is 35.5 Å². The molecular formula is C72H66N4O2. The molecule has 12 rings (SSSR count). The molecule has 6 nitrogen and oxygen atoms in total. The minimum Gasteiger partial charge on any atom is -0.457 e. The van der Waals surface area contributed by atoms with E-state index in [1.807, 2.05) is 86.0 Å². The fourth-order valence-electron chi connectivity index (χ4n) is 10.3. The molecular weight excluding hydrogens is 953 g/mol. The number of aromatic nitrogens is 2. The Hall–Kier alpha value is -8.87. The maximum atomic E-state index is 9.17. The summed E-state index contributed by atoms with van der Waals surface area (Å²) in [5.41, 5.74) is 10.2. The van der Waals surface area contributed by atoms with Crippen molar-refractivity contribution in [3.05, 3.63) is 241 Å². The fraction of sp³-hybridized carbons (Fsp3) is 0.181. The lowest BCUT2D eigenvalue weighted by Crippen LogP contribution is -2.25. The summed E-state index contributed by atoms with van der Waals surface area (Å²) in [6, 6.07) is 47.3. The first-order valence-electron chi connectivity index (χ1n) is 31.4. The zero-order valence-electron chi connectivity index (χ0n) is 55.4. The van der Waals surface area contributed by atoms with Gasteiger partial charge in [-0.25, -0.2) is 4.98 Å². The van der Waals surface area contributed by atoms with Gasteiger partial charge in [-0.3, -0.25) is 4.57 Å². The lowest BCUT2D eigenvalue weighted by molar-refractivity contribution is 0.483. The van der Waals surface area contributed by atoms with Crippen LogP contribution in [0.2, 0.25) is 0 Å². The molecule has 11 aromatic rings. The molecule has 1 aliphatic rings. The van der Waals surface area contributed by atoms with E-state index >= 15 is 0 Å². The first kappa shape index (κ1) is 39.5. The van der Waals surface area contributed by atoms with Crippen molar-refractivity contribution in [1.29, 1.82) is 0 Å². The first-order valence-corrected chi connectivity index (χ1v) is 26.4. The predicted octanol–water partition coefficient (Wildman–Crippen LogP) is 19.9. The summed E-state index contributed by atoms with van der Waals surface area (Å²) < 4.78 is 104. The Morgan fingerprint density at radius 1 is 0.423 bits per heavy atom. The predicted molar refractivity (Wildman–Crippen MR) is 326 cm³/mol. The third-order valence-corrected chi connectivity index (χ3v) is 14.6. The average molecular weight is 1030 g/mol. The van der Waals surface area contributed by atoms with E-state index in [1.54, 1.807) is 42.6 Å². The van der Waals surface area contributed by atoms with E-state index in [-0.39, 0.29) is 45.4 Å². The van der Waals surface area contributed by atoms with Crippen molar-refractivity contribution < 1.29 is 23.2 Å². The number of ether oxygens (including phenoxy) is 2. The monoisotopic (exact) mass is 1030 g/mol. The largest absolute Gasteiger partial charge is 0.457 e. The van der Waals surface area contributed by atoms with Crippen LogP contribution in [-0.4, -0.2) is 16.2 Å². The highest BCUT2D eigenvalue weighted by molar-refractivity contribution is 6.09. The number of anilines is 4. The van der Waals surface area contributed by atoms with Gasteiger partial charge < -0.3 is 19.3 Å². The Kier molecular flexibility index (Phi) is 9.93. The minimum atomic E-state index is -0.543. The number of nitrogens with zero attached hydrogens (tertiary/aromatic N) is 4. The lowest BCUT2D eigenvalue weighted by atomic mass is 9.80. The first-order chi connectivity index (χ1) is 41.7.